The monoisotopic (exact) mass is 378 g/mol. The van der Waals surface area contributed by atoms with E-state index in [4.69, 9.17) is 4.98 Å². The molecule has 0 radical (unpaired) electrons. The number of piperidine rings is 1. The molecule has 5 rings (SSSR count). The van der Waals surface area contributed by atoms with Crippen LogP contribution in [0, 0.1) is 0 Å². The minimum absolute atomic E-state index is 0.172. The van der Waals surface area contributed by atoms with Crippen molar-refractivity contribution in [1.82, 2.24) is 15.2 Å². The quantitative estimate of drug-likeness (QED) is 0.760. The van der Waals surface area contributed by atoms with Gasteiger partial charge in [-0.05, 0) is 37.1 Å². The van der Waals surface area contributed by atoms with Crippen molar-refractivity contribution in [3.8, 4) is 0 Å². The summed E-state index contributed by atoms with van der Waals surface area (Å²) in [5.74, 6) is 0.172. The van der Waals surface area contributed by atoms with Crippen molar-refractivity contribution in [2.45, 2.75) is 24.9 Å². The molecule has 0 unspecified atom stereocenters. The SMILES string of the molecule is O=C1NCN(c2ccccc2)C12CCN(Cc1nc3ccccc3s1)CC2. The number of likely N-dealkylation sites (tertiary alicyclic amines) is 1. The summed E-state index contributed by atoms with van der Waals surface area (Å²) < 4.78 is 1.24. The van der Waals surface area contributed by atoms with E-state index in [0.717, 1.165) is 48.7 Å². The highest BCUT2D eigenvalue weighted by atomic mass is 32.1. The number of hydrogen-bond acceptors (Lipinski definition) is 5. The largest absolute Gasteiger partial charge is 0.339 e. The van der Waals surface area contributed by atoms with Crippen molar-refractivity contribution in [1.29, 1.82) is 0 Å². The third-order valence-electron chi connectivity index (χ3n) is 5.79. The molecule has 6 heteroatoms. The first-order valence-corrected chi connectivity index (χ1v) is 10.2. The van der Waals surface area contributed by atoms with E-state index in [0.29, 0.717) is 6.67 Å². The van der Waals surface area contributed by atoms with E-state index in [9.17, 15) is 4.79 Å². The molecule has 1 spiro atoms. The van der Waals surface area contributed by atoms with Gasteiger partial charge in [0.1, 0.15) is 10.5 Å². The Morgan fingerprint density at radius 2 is 1.78 bits per heavy atom. The highest BCUT2D eigenvalue weighted by molar-refractivity contribution is 7.18. The number of hydrogen-bond donors (Lipinski definition) is 1. The van der Waals surface area contributed by atoms with Gasteiger partial charge in [-0.1, -0.05) is 30.3 Å². The van der Waals surface area contributed by atoms with Crippen LogP contribution in [0.4, 0.5) is 5.69 Å². The number of rotatable bonds is 3. The lowest BCUT2D eigenvalue weighted by Crippen LogP contribution is -2.56. The van der Waals surface area contributed by atoms with Gasteiger partial charge in [0.05, 0.1) is 23.4 Å². The molecule has 2 aromatic carbocycles. The maximum absolute atomic E-state index is 12.7. The Kier molecular flexibility index (Phi) is 4.10. The Balaban J connectivity index is 1.31. The molecule has 5 nitrogen and oxygen atoms in total. The highest BCUT2D eigenvalue weighted by Crippen LogP contribution is 2.36. The van der Waals surface area contributed by atoms with Crippen LogP contribution in [0.2, 0.25) is 0 Å². The predicted molar refractivity (Wildman–Crippen MR) is 109 cm³/mol. The normalized spacial score (nSPS) is 19.7. The van der Waals surface area contributed by atoms with Gasteiger partial charge in [0.15, 0.2) is 0 Å². The van der Waals surface area contributed by atoms with E-state index in [-0.39, 0.29) is 5.91 Å². The van der Waals surface area contributed by atoms with Crippen LogP contribution in [0.15, 0.2) is 54.6 Å². The van der Waals surface area contributed by atoms with Crippen LogP contribution in [-0.4, -0.2) is 41.1 Å². The number of carbonyl (C=O) groups excluding carboxylic acids is 1. The van der Waals surface area contributed by atoms with Crippen LogP contribution < -0.4 is 10.2 Å². The minimum Gasteiger partial charge on any atom is -0.339 e. The zero-order chi connectivity index (χ0) is 18.3. The maximum atomic E-state index is 12.7. The number of nitrogens with zero attached hydrogens (tertiary/aromatic N) is 3. The smallest absolute Gasteiger partial charge is 0.247 e. The molecular weight excluding hydrogens is 356 g/mol. The Labute approximate surface area is 162 Å². The fourth-order valence-corrected chi connectivity index (χ4v) is 5.30. The third kappa shape index (κ3) is 2.89. The van der Waals surface area contributed by atoms with Crippen LogP contribution in [0.25, 0.3) is 10.2 Å². The number of benzene rings is 2. The highest BCUT2D eigenvalue weighted by Gasteiger charge is 2.50. The van der Waals surface area contributed by atoms with Crippen molar-refractivity contribution in [3.63, 3.8) is 0 Å². The van der Waals surface area contributed by atoms with E-state index in [2.05, 4.69) is 45.4 Å². The predicted octanol–water partition coefficient (Wildman–Crippen LogP) is 3.22. The Hall–Kier alpha value is -2.44. The molecule has 0 aliphatic carbocycles. The molecule has 1 aromatic heterocycles. The molecule has 3 aromatic rings. The fraction of sp³-hybridized carbons (Fsp3) is 0.333. The average Bonchev–Trinajstić information content (AvgIpc) is 3.25. The van der Waals surface area contributed by atoms with Gasteiger partial charge < -0.3 is 10.2 Å². The number of para-hydroxylation sites is 2. The molecule has 1 N–H and O–H groups in total. The first-order chi connectivity index (χ1) is 13.2. The van der Waals surface area contributed by atoms with Gasteiger partial charge in [0.2, 0.25) is 5.91 Å². The van der Waals surface area contributed by atoms with Crippen molar-refractivity contribution in [2.75, 3.05) is 24.7 Å². The van der Waals surface area contributed by atoms with Crippen LogP contribution in [0.5, 0.6) is 0 Å². The Morgan fingerprint density at radius 1 is 1.04 bits per heavy atom. The van der Waals surface area contributed by atoms with Gasteiger partial charge >= 0.3 is 0 Å². The van der Waals surface area contributed by atoms with Crippen molar-refractivity contribution in [2.24, 2.45) is 0 Å². The average molecular weight is 379 g/mol. The van der Waals surface area contributed by atoms with E-state index in [1.165, 1.54) is 4.70 Å². The summed E-state index contributed by atoms with van der Waals surface area (Å²) in [6.07, 6.45) is 1.69. The second-order valence-corrected chi connectivity index (χ2v) is 8.43. The van der Waals surface area contributed by atoms with Crippen LogP contribution in [-0.2, 0) is 11.3 Å². The summed E-state index contributed by atoms with van der Waals surface area (Å²) in [7, 11) is 0. The number of thiazole rings is 1. The van der Waals surface area contributed by atoms with Crippen LogP contribution >= 0.6 is 11.3 Å². The van der Waals surface area contributed by atoms with Gasteiger partial charge in [-0.15, -0.1) is 11.3 Å². The summed E-state index contributed by atoms with van der Waals surface area (Å²) in [6, 6.07) is 18.6. The summed E-state index contributed by atoms with van der Waals surface area (Å²) in [5.41, 5.74) is 1.79. The molecule has 0 atom stereocenters. The number of carbonyl (C=O) groups is 1. The lowest BCUT2D eigenvalue weighted by atomic mass is 9.85. The zero-order valence-electron chi connectivity index (χ0n) is 15.1. The molecule has 27 heavy (non-hydrogen) atoms. The summed E-state index contributed by atoms with van der Waals surface area (Å²) >= 11 is 1.77. The number of nitrogens with one attached hydrogen (secondary N) is 1. The summed E-state index contributed by atoms with van der Waals surface area (Å²) in [4.78, 5) is 22.2. The zero-order valence-corrected chi connectivity index (χ0v) is 15.9. The standard InChI is InChI=1S/C21H22N4OS/c26-20-21(25(15-22-20)16-6-2-1-3-7-16)10-12-24(13-11-21)14-19-23-17-8-4-5-9-18(17)27-19/h1-9H,10-15H2,(H,22,26). The van der Waals surface area contributed by atoms with E-state index >= 15 is 0 Å². The molecule has 1 amide bonds. The summed E-state index contributed by atoms with van der Waals surface area (Å²) in [6.45, 7) is 3.28. The van der Waals surface area contributed by atoms with Gasteiger partial charge in [-0.3, -0.25) is 9.69 Å². The Bertz CT molecular complexity index is 929. The summed E-state index contributed by atoms with van der Waals surface area (Å²) in [5, 5.41) is 4.22. The van der Waals surface area contributed by atoms with E-state index in [1.807, 2.05) is 24.3 Å². The van der Waals surface area contributed by atoms with E-state index in [1.54, 1.807) is 11.3 Å². The molecule has 138 valence electrons. The first kappa shape index (κ1) is 16.7. The van der Waals surface area contributed by atoms with Crippen molar-refractivity contribution < 1.29 is 4.79 Å². The van der Waals surface area contributed by atoms with Gasteiger partial charge in [-0.25, -0.2) is 4.98 Å². The number of amides is 1. The molecule has 2 aliphatic heterocycles. The van der Waals surface area contributed by atoms with E-state index < -0.39 is 5.54 Å². The second-order valence-electron chi connectivity index (χ2n) is 7.31. The Morgan fingerprint density at radius 3 is 2.56 bits per heavy atom. The fourth-order valence-electron chi connectivity index (χ4n) is 4.29. The number of anilines is 1. The molecule has 2 aliphatic rings. The minimum atomic E-state index is -0.411. The lowest BCUT2D eigenvalue weighted by Gasteiger charge is -2.43. The van der Waals surface area contributed by atoms with Crippen LogP contribution in [0.1, 0.15) is 17.8 Å². The maximum Gasteiger partial charge on any atom is 0.247 e. The third-order valence-corrected chi connectivity index (χ3v) is 6.81. The topological polar surface area (TPSA) is 48.5 Å². The van der Waals surface area contributed by atoms with Gasteiger partial charge in [0.25, 0.3) is 0 Å². The van der Waals surface area contributed by atoms with Crippen molar-refractivity contribution >= 4 is 33.1 Å². The first-order valence-electron chi connectivity index (χ1n) is 9.42. The molecule has 0 saturated carbocycles. The van der Waals surface area contributed by atoms with Crippen molar-refractivity contribution in [3.05, 3.63) is 59.6 Å². The molecule has 3 heterocycles. The molecule has 2 fully saturated rings. The van der Waals surface area contributed by atoms with Gasteiger partial charge in [-0.2, -0.15) is 0 Å². The molecular formula is C21H22N4OS. The lowest BCUT2D eigenvalue weighted by molar-refractivity contribution is -0.125. The number of fused-ring (bicyclic) bond motifs is 1. The molecule has 2 saturated heterocycles. The number of aromatic nitrogens is 1. The second kappa shape index (κ2) is 6.62. The molecule has 0 bridgehead atoms. The van der Waals surface area contributed by atoms with Gasteiger partial charge in [0, 0.05) is 18.8 Å². The van der Waals surface area contributed by atoms with Crippen LogP contribution in [0.3, 0.4) is 0 Å².